The molecule has 0 atom stereocenters. The number of aliphatic imine (C=N–C) groups is 2. The summed E-state index contributed by atoms with van der Waals surface area (Å²) < 4.78 is 0. The van der Waals surface area contributed by atoms with Crippen molar-refractivity contribution in [1.82, 2.24) is 0 Å². The molecule has 1 aromatic rings. The molecule has 3 heteroatoms. The van der Waals surface area contributed by atoms with E-state index in [9.17, 15) is 5.11 Å². The molecule has 0 spiro atoms. The first-order chi connectivity index (χ1) is 6.77. The monoisotopic (exact) mass is 184 g/mol. The van der Waals surface area contributed by atoms with E-state index in [4.69, 9.17) is 0 Å². The van der Waals surface area contributed by atoms with Crippen molar-refractivity contribution in [3.05, 3.63) is 16.5 Å². The summed E-state index contributed by atoms with van der Waals surface area (Å²) in [6.07, 6.45) is 5.47. The van der Waals surface area contributed by atoms with Crippen LogP contribution in [-0.2, 0) is 0 Å². The predicted octanol–water partition coefficient (Wildman–Crippen LogP) is 0.775. The number of fused-ring (bicyclic) bond motifs is 3. The first-order valence-electron chi connectivity index (χ1n) is 4.43. The molecule has 1 N–H and O–H groups in total. The van der Waals surface area contributed by atoms with Gasteiger partial charge in [0.25, 0.3) is 0 Å². The van der Waals surface area contributed by atoms with E-state index in [0.717, 1.165) is 21.7 Å². The van der Waals surface area contributed by atoms with E-state index in [-0.39, 0.29) is 5.75 Å². The molecule has 2 aliphatic heterocycles. The third kappa shape index (κ3) is 0.763. The maximum Gasteiger partial charge on any atom is 0.144 e. The van der Waals surface area contributed by atoms with E-state index in [0.29, 0.717) is 5.69 Å². The SMILES string of the molecule is CC1=c2c(c(O)cc3c2=CC=N3)N=C1. The molecule has 14 heavy (non-hydrogen) atoms. The third-order valence-electron chi connectivity index (χ3n) is 2.53. The van der Waals surface area contributed by atoms with Crippen molar-refractivity contribution < 1.29 is 5.11 Å². The molecule has 0 unspecified atom stereocenters. The Labute approximate surface area is 80.5 Å². The number of hydrogen-bond donors (Lipinski definition) is 1. The third-order valence-corrected chi connectivity index (χ3v) is 2.53. The standard InChI is InChI=1S/C11H8N2O/c1-6-5-13-11-9(14)4-8-7(10(6)11)2-3-12-8/h2-5,14H,1H3. The van der Waals surface area contributed by atoms with Crippen molar-refractivity contribution in [3.8, 4) is 5.75 Å². The normalized spacial score (nSPS) is 15.6. The molecule has 0 saturated heterocycles. The Morgan fingerprint density at radius 2 is 2.14 bits per heavy atom. The number of hydrogen-bond acceptors (Lipinski definition) is 3. The van der Waals surface area contributed by atoms with Crippen molar-refractivity contribution in [2.75, 3.05) is 0 Å². The van der Waals surface area contributed by atoms with Crippen LogP contribution in [0.1, 0.15) is 6.92 Å². The van der Waals surface area contributed by atoms with E-state index in [1.165, 1.54) is 0 Å². The van der Waals surface area contributed by atoms with Crippen LogP contribution in [0.15, 0.2) is 16.1 Å². The van der Waals surface area contributed by atoms with E-state index < -0.39 is 0 Å². The molecule has 0 aromatic heterocycles. The molecule has 0 aliphatic carbocycles. The minimum Gasteiger partial charge on any atom is -0.506 e. The van der Waals surface area contributed by atoms with Gasteiger partial charge in [0, 0.05) is 28.9 Å². The van der Waals surface area contributed by atoms with Crippen molar-refractivity contribution in [2.24, 2.45) is 9.98 Å². The highest BCUT2D eigenvalue weighted by molar-refractivity contribution is 6.08. The minimum absolute atomic E-state index is 0.208. The molecule has 0 amide bonds. The highest BCUT2D eigenvalue weighted by atomic mass is 16.3. The Hall–Kier alpha value is -1.90. The van der Waals surface area contributed by atoms with Crippen LogP contribution in [0.5, 0.6) is 5.75 Å². The molecule has 0 saturated carbocycles. The van der Waals surface area contributed by atoms with Crippen LogP contribution in [0.2, 0.25) is 0 Å². The van der Waals surface area contributed by atoms with Gasteiger partial charge in [0.15, 0.2) is 0 Å². The fourth-order valence-corrected chi connectivity index (χ4v) is 1.88. The van der Waals surface area contributed by atoms with Crippen molar-refractivity contribution in [1.29, 1.82) is 0 Å². The molecule has 0 fully saturated rings. The second-order valence-corrected chi connectivity index (χ2v) is 3.44. The summed E-state index contributed by atoms with van der Waals surface area (Å²) in [6, 6.07) is 1.66. The molecule has 2 heterocycles. The maximum atomic E-state index is 9.70. The largest absolute Gasteiger partial charge is 0.506 e. The van der Waals surface area contributed by atoms with Gasteiger partial charge in [-0.25, -0.2) is 0 Å². The Morgan fingerprint density at radius 1 is 1.29 bits per heavy atom. The zero-order valence-electron chi connectivity index (χ0n) is 7.65. The summed E-state index contributed by atoms with van der Waals surface area (Å²) >= 11 is 0. The van der Waals surface area contributed by atoms with Crippen LogP contribution in [0, 0.1) is 0 Å². The average Bonchev–Trinajstić information content (AvgIpc) is 2.71. The molecule has 68 valence electrons. The quantitative estimate of drug-likeness (QED) is 0.636. The molecular formula is C11H8N2O. The first kappa shape index (κ1) is 7.50. The van der Waals surface area contributed by atoms with Gasteiger partial charge in [-0.1, -0.05) is 0 Å². The van der Waals surface area contributed by atoms with Crippen molar-refractivity contribution in [2.45, 2.75) is 6.92 Å². The number of phenols is 1. The fourth-order valence-electron chi connectivity index (χ4n) is 1.88. The summed E-state index contributed by atoms with van der Waals surface area (Å²) in [5, 5.41) is 11.8. The molecule has 2 aliphatic rings. The number of aromatic hydroxyl groups is 1. The fraction of sp³-hybridized carbons (Fsp3) is 0.0909. The highest BCUT2D eigenvalue weighted by Gasteiger charge is 2.13. The van der Waals surface area contributed by atoms with Gasteiger partial charge in [-0.15, -0.1) is 0 Å². The van der Waals surface area contributed by atoms with Gasteiger partial charge in [0.2, 0.25) is 0 Å². The lowest BCUT2D eigenvalue weighted by Gasteiger charge is -1.99. The predicted molar refractivity (Wildman–Crippen MR) is 57.2 cm³/mol. The summed E-state index contributed by atoms with van der Waals surface area (Å²) in [5.41, 5.74) is 2.57. The van der Waals surface area contributed by atoms with E-state index >= 15 is 0 Å². The molecule has 3 nitrogen and oxygen atoms in total. The average molecular weight is 184 g/mol. The van der Waals surface area contributed by atoms with Crippen molar-refractivity contribution in [3.63, 3.8) is 0 Å². The number of phenolic OH excluding ortho intramolecular Hbond substituents is 1. The summed E-state index contributed by atoms with van der Waals surface area (Å²) in [5.74, 6) is 0.208. The molecule has 1 aromatic carbocycles. The molecule has 0 radical (unpaired) electrons. The number of benzene rings is 1. The topological polar surface area (TPSA) is 45.0 Å². The van der Waals surface area contributed by atoms with Crippen molar-refractivity contribution >= 4 is 35.5 Å². The smallest absolute Gasteiger partial charge is 0.144 e. The lowest BCUT2D eigenvalue weighted by atomic mass is 10.1. The Bertz CT molecular complexity index is 609. The molecule has 0 bridgehead atoms. The molecule has 3 rings (SSSR count). The van der Waals surface area contributed by atoms with Gasteiger partial charge >= 0.3 is 0 Å². The highest BCUT2D eigenvalue weighted by Crippen LogP contribution is 2.27. The van der Waals surface area contributed by atoms with Crippen LogP contribution >= 0.6 is 0 Å². The second kappa shape index (κ2) is 2.32. The lowest BCUT2D eigenvalue weighted by Crippen LogP contribution is -2.24. The van der Waals surface area contributed by atoms with E-state index in [2.05, 4.69) is 9.98 Å². The Balaban J connectivity index is 2.62. The molecular weight excluding hydrogens is 176 g/mol. The van der Waals surface area contributed by atoms with E-state index in [1.54, 1.807) is 18.5 Å². The van der Waals surface area contributed by atoms with E-state index in [1.807, 2.05) is 13.0 Å². The van der Waals surface area contributed by atoms with Crippen LogP contribution in [0.3, 0.4) is 0 Å². The van der Waals surface area contributed by atoms with Gasteiger partial charge in [-0.2, -0.15) is 0 Å². The summed E-state index contributed by atoms with van der Waals surface area (Å²) in [7, 11) is 0. The number of rotatable bonds is 0. The van der Waals surface area contributed by atoms with Gasteiger partial charge in [0.1, 0.15) is 11.4 Å². The van der Waals surface area contributed by atoms with Gasteiger partial charge in [-0.05, 0) is 18.6 Å². The number of nitrogens with zero attached hydrogens (tertiary/aromatic N) is 2. The van der Waals surface area contributed by atoms with Gasteiger partial charge in [0.05, 0.1) is 5.69 Å². The first-order valence-corrected chi connectivity index (χ1v) is 4.43. The van der Waals surface area contributed by atoms with Gasteiger partial charge < -0.3 is 5.11 Å². The zero-order chi connectivity index (χ0) is 9.71. The second-order valence-electron chi connectivity index (χ2n) is 3.44. The van der Waals surface area contributed by atoms with Crippen LogP contribution in [0.25, 0.3) is 11.6 Å². The van der Waals surface area contributed by atoms with Crippen LogP contribution in [0.4, 0.5) is 11.4 Å². The zero-order valence-corrected chi connectivity index (χ0v) is 7.65. The lowest BCUT2D eigenvalue weighted by molar-refractivity contribution is 0.476. The minimum atomic E-state index is 0.208. The Morgan fingerprint density at radius 3 is 3.00 bits per heavy atom. The Kier molecular flexibility index (Phi) is 1.24. The van der Waals surface area contributed by atoms with Crippen LogP contribution in [-0.4, -0.2) is 17.5 Å². The summed E-state index contributed by atoms with van der Waals surface area (Å²) in [6.45, 7) is 1.99. The van der Waals surface area contributed by atoms with Gasteiger partial charge in [-0.3, -0.25) is 9.98 Å². The van der Waals surface area contributed by atoms with Crippen LogP contribution < -0.4 is 10.4 Å². The summed E-state index contributed by atoms with van der Waals surface area (Å²) in [4.78, 5) is 8.33. The maximum absolute atomic E-state index is 9.70.